The molecule has 5 aliphatic carbocycles. The predicted octanol–water partition coefficient (Wildman–Crippen LogP) is -1.36. The highest BCUT2D eigenvalue weighted by molar-refractivity contribution is 5.79. The molecule has 0 spiro atoms. The maximum atomic E-state index is 14.8. The van der Waals surface area contributed by atoms with E-state index in [2.05, 4.69) is 33.4 Å². The maximum Gasteiger partial charge on any atom is 0.315 e. The zero-order chi connectivity index (χ0) is 48.2. The third-order valence-electron chi connectivity index (χ3n) is 18.8. The number of hydrogen-bond acceptors (Lipinski definition) is 19. The number of hydrogen-bond donors (Lipinski definition) is 12. The van der Waals surface area contributed by atoms with Crippen LogP contribution < -0.4 is 0 Å². The van der Waals surface area contributed by atoms with Crippen molar-refractivity contribution in [3.63, 3.8) is 0 Å². The first kappa shape index (κ1) is 50.7. The highest BCUT2D eigenvalue weighted by atomic mass is 16.8. The van der Waals surface area contributed by atoms with Crippen molar-refractivity contribution in [2.24, 2.45) is 44.8 Å². The van der Waals surface area contributed by atoms with Crippen molar-refractivity contribution < 1.29 is 94.5 Å². The molecule has 0 aromatic carbocycles. The van der Waals surface area contributed by atoms with Gasteiger partial charge in [0.1, 0.15) is 67.1 Å². The highest BCUT2D eigenvalue weighted by Crippen LogP contribution is 2.75. The largest absolute Gasteiger partial charge is 0.432 e. The molecule has 3 saturated heterocycles. The molecule has 0 radical (unpaired) electrons. The van der Waals surface area contributed by atoms with Crippen molar-refractivity contribution in [2.75, 3.05) is 19.8 Å². The third kappa shape index (κ3) is 7.70. The molecule has 0 unspecified atom stereocenters. The van der Waals surface area contributed by atoms with E-state index in [4.69, 9.17) is 28.4 Å². The standard InChI is InChI=1S/C47H74O19/c1-20-9-12-47(14-13-45(5)22(23(47)15-20)7-8-28-43(3)16-24(50)38(59)44(4,19-49)27(43)10-11-46(28,45)6)42(60)66-41-35(57)32(54)30(52)26(64-41)18-61-39-36(58)33(55)37(25(17-48)63-39)65-40-34(56)31(53)29(51)21(2)62-40/h7,21,23-41,48-59H,1,8-19H2,2-6H3/t21-,23-,24+,25+,26+,27+,28+,29-,30+,31+,32-,33+,34+,35+,36+,37+,38-,39+,40+,41-,43-,44-,45+,46+,47-/m0/s1. The van der Waals surface area contributed by atoms with Gasteiger partial charge >= 0.3 is 5.97 Å². The van der Waals surface area contributed by atoms with Gasteiger partial charge in [0.2, 0.25) is 6.29 Å². The number of fused-ring (bicyclic) bond motifs is 7. The molecular formula is C47H74O19. The minimum Gasteiger partial charge on any atom is -0.432 e. The number of rotatable bonds is 9. The van der Waals surface area contributed by atoms with E-state index in [1.807, 2.05) is 6.92 Å². The summed E-state index contributed by atoms with van der Waals surface area (Å²) in [7, 11) is 0. The molecule has 0 amide bonds. The summed E-state index contributed by atoms with van der Waals surface area (Å²) in [6, 6.07) is 0. The molecule has 376 valence electrons. The lowest BCUT2D eigenvalue weighted by molar-refractivity contribution is -0.361. The zero-order valence-corrected chi connectivity index (χ0v) is 38.5. The SMILES string of the molecule is C=C1CC[C@]2(C(=O)O[C@@H]3O[C@H](CO[C@@H]4O[C@H](CO)[C@@H](O[C@H]5O[C@@H](C)[C@H](O)[C@@H](O)[C@H]5O)[C@H](O)[C@H]4O)[C@@H](O)[C@H](O)[C@H]3O)CC[C@]3(C)C(=CC[C@@H]4[C@@]5(C)C[C@@H](O)[C@H](O)[C@@](C)(CO)[C@@H]5CC[C@]43C)[C@@H]2C1. The topological polar surface area (TPSA) is 315 Å². The Morgan fingerprint density at radius 2 is 1.41 bits per heavy atom. The Morgan fingerprint density at radius 3 is 2.09 bits per heavy atom. The van der Waals surface area contributed by atoms with Crippen molar-refractivity contribution in [1.29, 1.82) is 0 Å². The van der Waals surface area contributed by atoms with Crippen LogP contribution in [0.5, 0.6) is 0 Å². The van der Waals surface area contributed by atoms with Gasteiger partial charge in [0.15, 0.2) is 12.6 Å². The number of allylic oxidation sites excluding steroid dienone is 3. The van der Waals surface area contributed by atoms with Gasteiger partial charge in [0, 0.05) is 11.3 Å². The molecule has 0 aromatic heterocycles. The maximum absolute atomic E-state index is 14.8. The van der Waals surface area contributed by atoms with E-state index in [0.717, 1.165) is 24.0 Å². The van der Waals surface area contributed by atoms with E-state index in [1.54, 1.807) is 0 Å². The van der Waals surface area contributed by atoms with E-state index < -0.39 is 134 Å². The quantitative estimate of drug-likeness (QED) is 0.0939. The van der Waals surface area contributed by atoms with Gasteiger partial charge in [-0.2, -0.15) is 0 Å². The first-order valence-electron chi connectivity index (χ1n) is 23.8. The molecule has 7 fully saturated rings. The Balaban J connectivity index is 0.971. The summed E-state index contributed by atoms with van der Waals surface area (Å²) in [6.07, 6.45) is -18.9. The zero-order valence-electron chi connectivity index (χ0n) is 38.5. The van der Waals surface area contributed by atoms with Gasteiger partial charge in [0.25, 0.3) is 0 Å². The number of aliphatic hydroxyl groups is 12. The average molecular weight is 943 g/mol. The van der Waals surface area contributed by atoms with E-state index in [9.17, 15) is 66.1 Å². The number of ether oxygens (including phenoxy) is 6. The third-order valence-corrected chi connectivity index (χ3v) is 18.8. The lowest BCUT2D eigenvalue weighted by atomic mass is 9.33. The summed E-state index contributed by atoms with van der Waals surface area (Å²) in [6.45, 7) is 12.8. The van der Waals surface area contributed by atoms with E-state index in [-0.39, 0.29) is 40.6 Å². The lowest BCUT2D eigenvalue weighted by Crippen LogP contribution is -2.68. The van der Waals surface area contributed by atoms with E-state index >= 15 is 0 Å². The summed E-state index contributed by atoms with van der Waals surface area (Å²) in [5, 5.41) is 129. The first-order chi connectivity index (χ1) is 30.9. The molecule has 0 bridgehead atoms. The Bertz CT molecular complexity index is 1830. The van der Waals surface area contributed by atoms with Crippen molar-refractivity contribution >= 4 is 5.97 Å². The second-order valence-electron chi connectivity index (χ2n) is 22.1. The molecule has 8 rings (SSSR count). The summed E-state index contributed by atoms with van der Waals surface area (Å²) in [5.41, 5.74) is -0.784. The van der Waals surface area contributed by atoms with Crippen LogP contribution in [0.4, 0.5) is 0 Å². The van der Waals surface area contributed by atoms with Crippen LogP contribution in [-0.4, -0.2) is 191 Å². The first-order valence-corrected chi connectivity index (χ1v) is 23.8. The molecule has 66 heavy (non-hydrogen) atoms. The number of carbonyl (C=O) groups excluding carboxylic acids is 1. The summed E-state index contributed by atoms with van der Waals surface area (Å²) in [4.78, 5) is 14.8. The molecule has 3 heterocycles. The van der Waals surface area contributed by atoms with Crippen molar-refractivity contribution in [2.45, 2.75) is 197 Å². The van der Waals surface area contributed by atoms with Crippen LogP contribution in [-0.2, 0) is 33.2 Å². The van der Waals surface area contributed by atoms with Crippen LogP contribution in [0.1, 0.15) is 92.4 Å². The van der Waals surface area contributed by atoms with Gasteiger partial charge in [-0.25, -0.2) is 0 Å². The average Bonchev–Trinajstić information content (AvgIpc) is 3.28. The number of carbonyl (C=O) groups is 1. The molecule has 19 nitrogen and oxygen atoms in total. The minimum absolute atomic E-state index is 0.0197. The Hall–Kier alpha value is -1.73. The summed E-state index contributed by atoms with van der Waals surface area (Å²) in [5.74, 6) is -0.839. The second-order valence-corrected chi connectivity index (χ2v) is 22.1. The Labute approximate surface area is 384 Å². The van der Waals surface area contributed by atoms with Gasteiger partial charge in [-0.3, -0.25) is 4.79 Å². The normalized spacial score (nSPS) is 55.1. The monoisotopic (exact) mass is 942 g/mol. The van der Waals surface area contributed by atoms with Gasteiger partial charge in [-0.15, -0.1) is 0 Å². The van der Waals surface area contributed by atoms with Gasteiger partial charge in [-0.05, 0) is 92.8 Å². The van der Waals surface area contributed by atoms with Crippen LogP contribution >= 0.6 is 0 Å². The van der Waals surface area contributed by atoms with Gasteiger partial charge in [-0.1, -0.05) is 51.5 Å². The predicted molar refractivity (Wildman–Crippen MR) is 227 cm³/mol. The Morgan fingerprint density at radius 1 is 0.758 bits per heavy atom. The highest BCUT2D eigenvalue weighted by Gasteiger charge is 2.70. The fourth-order valence-electron chi connectivity index (χ4n) is 14.5. The summed E-state index contributed by atoms with van der Waals surface area (Å²) >= 11 is 0. The van der Waals surface area contributed by atoms with Gasteiger partial charge < -0.3 is 89.7 Å². The van der Waals surface area contributed by atoms with Crippen LogP contribution in [0.25, 0.3) is 0 Å². The molecule has 0 aromatic rings. The fourth-order valence-corrected chi connectivity index (χ4v) is 14.5. The molecule has 25 atom stereocenters. The van der Waals surface area contributed by atoms with Crippen molar-refractivity contribution in [3.8, 4) is 0 Å². The van der Waals surface area contributed by atoms with Gasteiger partial charge in [0.05, 0.1) is 43.5 Å². The Kier molecular flexibility index (Phi) is 13.9. The molecule has 19 heteroatoms. The molecule has 3 aliphatic heterocycles. The fraction of sp³-hybridized carbons (Fsp3) is 0.894. The van der Waals surface area contributed by atoms with Crippen LogP contribution in [0.15, 0.2) is 23.8 Å². The smallest absolute Gasteiger partial charge is 0.315 e. The van der Waals surface area contributed by atoms with Crippen molar-refractivity contribution in [3.05, 3.63) is 23.8 Å². The molecule has 12 N–H and O–H groups in total. The molecule has 8 aliphatic rings. The second kappa shape index (κ2) is 18.1. The minimum atomic E-state index is -1.87. The van der Waals surface area contributed by atoms with Crippen LogP contribution in [0, 0.1) is 44.8 Å². The van der Waals surface area contributed by atoms with Crippen LogP contribution in [0.2, 0.25) is 0 Å². The number of esters is 1. The van der Waals surface area contributed by atoms with Crippen molar-refractivity contribution in [1.82, 2.24) is 0 Å². The molecular weight excluding hydrogens is 868 g/mol. The van der Waals surface area contributed by atoms with E-state index in [0.29, 0.717) is 44.9 Å². The van der Waals surface area contributed by atoms with E-state index in [1.165, 1.54) is 6.92 Å². The summed E-state index contributed by atoms with van der Waals surface area (Å²) < 4.78 is 34.5. The molecule has 4 saturated carbocycles. The van der Waals surface area contributed by atoms with Crippen LogP contribution in [0.3, 0.4) is 0 Å². The number of aliphatic hydroxyl groups excluding tert-OH is 12. The lowest BCUT2D eigenvalue weighted by Gasteiger charge is -2.71.